The number of carbonyl (C=O) groups excluding carboxylic acids is 1. The molecule has 3 aromatic carbocycles. The van der Waals surface area contributed by atoms with Gasteiger partial charge >= 0.3 is 18.5 Å². The second-order valence-corrected chi connectivity index (χ2v) is 9.36. The maximum atomic E-state index is 14.6. The van der Waals surface area contributed by atoms with E-state index < -0.39 is 77.0 Å². The van der Waals surface area contributed by atoms with E-state index in [9.17, 15) is 58.2 Å². The van der Waals surface area contributed by atoms with E-state index in [-0.39, 0.29) is 17.2 Å². The lowest BCUT2D eigenvalue weighted by atomic mass is 9.66. The van der Waals surface area contributed by atoms with Crippen LogP contribution in [0.25, 0.3) is 0 Å². The monoisotopic (exact) mass is 599 g/mol. The lowest BCUT2D eigenvalue weighted by Gasteiger charge is -2.40. The third-order valence-electron chi connectivity index (χ3n) is 6.66. The zero-order chi connectivity index (χ0) is 31.0. The second-order valence-electron chi connectivity index (χ2n) is 9.36. The summed E-state index contributed by atoms with van der Waals surface area (Å²) in [7, 11) is 0. The van der Waals surface area contributed by atoms with E-state index >= 15 is 0 Å². The fourth-order valence-electron chi connectivity index (χ4n) is 4.53. The highest BCUT2D eigenvalue weighted by atomic mass is 19.4. The first-order valence-electron chi connectivity index (χ1n) is 11.5. The average molecular weight is 599 g/mol. The highest BCUT2D eigenvalue weighted by molar-refractivity contribution is 5.87. The Bertz CT molecular complexity index is 1350. The van der Waals surface area contributed by atoms with Gasteiger partial charge in [-0.15, -0.1) is 0 Å². The molecule has 0 fully saturated rings. The molecule has 0 aliphatic rings. The van der Waals surface area contributed by atoms with Crippen LogP contribution in [0.15, 0.2) is 72.8 Å². The van der Waals surface area contributed by atoms with Crippen LogP contribution in [0.2, 0.25) is 0 Å². The number of ketones is 1. The number of benzene rings is 3. The molecule has 3 nitrogen and oxygen atoms in total. The molecule has 0 saturated heterocycles. The largest absolute Gasteiger partial charge is 0.428 e. The molecular weight excluding hydrogens is 579 g/mol. The Morgan fingerprint density at radius 1 is 0.707 bits per heavy atom. The van der Waals surface area contributed by atoms with Crippen molar-refractivity contribution in [3.63, 3.8) is 0 Å². The smallest absolute Gasteiger partial charge is 0.372 e. The van der Waals surface area contributed by atoms with Crippen molar-refractivity contribution < 1.29 is 58.2 Å². The minimum Gasteiger partial charge on any atom is -0.372 e. The van der Waals surface area contributed by atoms with E-state index in [1.807, 2.05) is 0 Å². The molecule has 3 aromatic rings. The lowest BCUT2D eigenvalue weighted by Crippen LogP contribution is -2.69. The summed E-state index contributed by atoms with van der Waals surface area (Å²) in [6, 6.07) is 7.92. The normalized spacial score (nSPS) is 15.3. The molecule has 0 radical (unpaired) electrons. The Morgan fingerprint density at radius 2 is 1.22 bits per heavy atom. The molecule has 0 aliphatic heterocycles. The summed E-state index contributed by atoms with van der Waals surface area (Å²) in [6.45, 7) is 0. The Labute approximate surface area is 225 Å². The zero-order valence-electron chi connectivity index (χ0n) is 20.5. The number of nitrogens with two attached hydrogens (primary N) is 1. The molecule has 3 rings (SSSR count). The van der Waals surface area contributed by atoms with Gasteiger partial charge in [0.25, 0.3) is 5.60 Å². The van der Waals surface area contributed by atoms with Gasteiger partial charge in [-0.05, 0) is 53.4 Å². The summed E-state index contributed by atoms with van der Waals surface area (Å²) < 4.78 is 150. The van der Waals surface area contributed by atoms with Gasteiger partial charge in [0, 0.05) is 11.8 Å². The molecule has 0 saturated carbocycles. The molecular formula is C27H20F11NO2. The van der Waals surface area contributed by atoms with E-state index in [0.717, 1.165) is 24.3 Å². The molecule has 1 unspecified atom stereocenters. The van der Waals surface area contributed by atoms with Crippen LogP contribution in [0.1, 0.15) is 28.7 Å². The number of hydrogen-bond donors (Lipinski definition) is 2. The van der Waals surface area contributed by atoms with E-state index in [2.05, 4.69) is 0 Å². The summed E-state index contributed by atoms with van der Waals surface area (Å²) in [6.07, 6.45) is -20.2. The Kier molecular flexibility index (Phi) is 8.62. The van der Waals surface area contributed by atoms with Gasteiger partial charge in [0.15, 0.2) is 5.78 Å². The van der Waals surface area contributed by atoms with Crippen molar-refractivity contribution in [3.8, 4) is 0 Å². The quantitative estimate of drug-likeness (QED) is 0.285. The highest BCUT2D eigenvalue weighted by Crippen LogP contribution is 2.47. The highest BCUT2D eigenvalue weighted by Gasteiger charge is 2.74. The maximum absolute atomic E-state index is 14.6. The fourth-order valence-corrected chi connectivity index (χ4v) is 4.53. The van der Waals surface area contributed by atoms with Crippen LogP contribution in [0.5, 0.6) is 0 Å². The van der Waals surface area contributed by atoms with Gasteiger partial charge in [0.1, 0.15) is 17.7 Å². The number of hydrogen-bond acceptors (Lipinski definition) is 3. The standard InChI is InChI=1S/C27H20F11NO2/c28-19-8-6-16(7-9-19)23(13-15-4-2-1-3-5-15,17-10-18(25(30,31)32)12-20(29)11-17)14-21(40)22(39)24(41,26(33,34)35)27(36,37)38/h1-12,22,41H,13-14,39H2/t22?,23-/m1/s1. The first-order valence-corrected chi connectivity index (χ1v) is 11.5. The van der Waals surface area contributed by atoms with E-state index in [1.165, 1.54) is 30.3 Å². The summed E-state index contributed by atoms with van der Waals surface area (Å²) in [5.41, 5.74) is -5.25. The molecule has 2 atom stereocenters. The van der Waals surface area contributed by atoms with Gasteiger partial charge in [-0.1, -0.05) is 42.5 Å². The number of carbonyl (C=O) groups is 1. The van der Waals surface area contributed by atoms with Crippen LogP contribution < -0.4 is 5.73 Å². The van der Waals surface area contributed by atoms with E-state index in [1.54, 1.807) is 0 Å². The maximum Gasteiger partial charge on any atom is 0.428 e. The number of alkyl halides is 9. The second kappa shape index (κ2) is 11.0. The number of halogens is 11. The molecule has 3 N–H and O–H groups in total. The zero-order valence-corrected chi connectivity index (χ0v) is 20.5. The lowest BCUT2D eigenvalue weighted by molar-refractivity contribution is -0.370. The summed E-state index contributed by atoms with van der Waals surface area (Å²) in [5.74, 6) is -4.45. The molecule has 222 valence electrons. The number of rotatable bonds is 8. The number of aliphatic hydroxyl groups is 1. The third kappa shape index (κ3) is 6.38. The van der Waals surface area contributed by atoms with Crippen molar-refractivity contribution in [3.05, 3.63) is 107 Å². The van der Waals surface area contributed by atoms with Crippen LogP contribution in [-0.4, -0.2) is 34.9 Å². The Balaban J connectivity index is 2.35. The fraction of sp³-hybridized carbons (Fsp3) is 0.296. The SMILES string of the molecule is NC(C(=O)C[C@](Cc1ccccc1)(c1ccc(F)cc1)c1cc(F)cc(C(F)(F)F)c1)C(O)(C(F)(F)F)C(F)(F)F. The van der Waals surface area contributed by atoms with Gasteiger partial charge in [0.05, 0.1) is 5.56 Å². The first kappa shape index (κ1) is 32.0. The van der Waals surface area contributed by atoms with Gasteiger partial charge < -0.3 is 10.8 Å². The predicted octanol–water partition coefficient (Wildman–Crippen LogP) is 6.65. The summed E-state index contributed by atoms with van der Waals surface area (Å²) >= 11 is 0. The minimum atomic E-state index is -6.50. The Morgan fingerprint density at radius 3 is 1.71 bits per heavy atom. The van der Waals surface area contributed by atoms with Crippen LogP contribution in [-0.2, 0) is 22.8 Å². The molecule has 0 heterocycles. The molecule has 0 spiro atoms. The van der Waals surface area contributed by atoms with E-state index in [4.69, 9.17) is 5.73 Å². The van der Waals surface area contributed by atoms with E-state index in [0.29, 0.717) is 12.1 Å². The van der Waals surface area contributed by atoms with Gasteiger partial charge in [0.2, 0.25) is 0 Å². The molecule has 14 heteroatoms. The first-order chi connectivity index (χ1) is 18.7. The topological polar surface area (TPSA) is 63.3 Å². The van der Waals surface area contributed by atoms with Crippen LogP contribution >= 0.6 is 0 Å². The summed E-state index contributed by atoms with van der Waals surface area (Å²) in [5, 5.41) is 9.73. The minimum absolute atomic E-state index is 0.0983. The molecule has 41 heavy (non-hydrogen) atoms. The van der Waals surface area contributed by atoms with Gasteiger partial charge in [-0.3, -0.25) is 4.79 Å². The Hall–Kier alpha value is -3.52. The van der Waals surface area contributed by atoms with Crippen LogP contribution in [0, 0.1) is 11.6 Å². The van der Waals surface area contributed by atoms with Crippen molar-refractivity contribution in [2.75, 3.05) is 0 Å². The van der Waals surface area contributed by atoms with Crippen LogP contribution in [0.3, 0.4) is 0 Å². The number of Topliss-reactive ketones (excluding diaryl/α,β-unsaturated/α-hetero) is 1. The van der Waals surface area contributed by atoms with Crippen molar-refractivity contribution in [1.29, 1.82) is 0 Å². The molecule has 0 amide bonds. The molecule has 0 aromatic heterocycles. The van der Waals surface area contributed by atoms with Gasteiger partial charge in [-0.2, -0.15) is 39.5 Å². The van der Waals surface area contributed by atoms with Crippen molar-refractivity contribution in [2.24, 2.45) is 5.73 Å². The average Bonchev–Trinajstić information content (AvgIpc) is 2.86. The van der Waals surface area contributed by atoms with Crippen molar-refractivity contribution in [1.82, 2.24) is 0 Å². The van der Waals surface area contributed by atoms with Gasteiger partial charge in [-0.25, -0.2) is 8.78 Å². The van der Waals surface area contributed by atoms with Crippen molar-refractivity contribution >= 4 is 5.78 Å². The molecule has 0 aliphatic carbocycles. The summed E-state index contributed by atoms with van der Waals surface area (Å²) in [4.78, 5) is 13.2. The van der Waals surface area contributed by atoms with Crippen molar-refractivity contribution in [2.45, 2.75) is 48.4 Å². The predicted molar refractivity (Wildman–Crippen MR) is 123 cm³/mol. The van der Waals surface area contributed by atoms with Crippen LogP contribution in [0.4, 0.5) is 48.3 Å². The third-order valence-corrected chi connectivity index (χ3v) is 6.66. The molecule has 0 bridgehead atoms.